The normalized spacial score (nSPS) is 22.4. The van der Waals surface area contributed by atoms with E-state index in [9.17, 15) is 4.79 Å². The number of amides is 1. The van der Waals surface area contributed by atoms with Crippen LogP contribution in [0.3, 0.4) is 0 Å². The third-order valence-corrected chi connectivity index (χ3v) is 4.91. The molecule has 2 heterocycles. The summed E-state index contributed by atoms with van der Waals surface area (Å²) in [5, 5.41) is 8.05. The van der Waals surface area contributed by atoms with Crippen molar-refractivity contribution in [3.05, 3.63) is 11.8 Å². The highest BCUT2D eigenvalue weighted by Crippen LogP contribution is 2.32. The minimum absolute atomic E-state index is 0.182. The van der Waals surface area contributed by atoms with Crippen molar-refractivity contribution >= 4 is 5.91 Å². The largest absolute Gasteiger partial charge is 0.425 e. The summed E-state index contributed by atoms with van der Waals surface area (Å²) in [5.74, 6) is 2.38. The maximum Gasteiger partial charge on any atom is 0.223 e. The Balaban J connectivity index is 1.52. The minimum Gasteiger partial charge on any atom is -0.425 e. The van der Waals surface area contributed by atoms with Crippen LogP contribution in [0, 0.1) is 5.92 Å². The molecule has 0 spiro atoms. The van der Waals surface area contributed by atoms with Gasteiger partial charge in [0.25, 0.3) is 0 Å². The van der Waals surface area contributed by atoms with E-state index in [2.05, 4.69) is 10.2 Å². The maximum atomic E-state index is 12.6. The SMILES string of the molecule is CC(C)c1nnc(CCC(=O)N2CCOCC2CC2CCC2)o1. The maximum absolute atomic E-state index is 12.6. The summed E-state index contributed by atoms with van der Waals surface area (Å²) in [4.78, 5) is 14.6. The number of ether oxygens (including phenoxy) is 1. The molecule has 1 unspecified atom stereocenters. The van der Waals surface area contributed by atoms with Gasteiger partial charge in [-0.3, -0.25) is 4.79 Å². The number of aryl methyl sites for hydroxylation is 1. The molecule has 2 fully saturated rings. The van der Waals surface area contributed by atoms with Crippen molar-refractivity contribution in [1.29, 1.82) is 0 Å². The van der Waals surface area contributed by atoms with Crippen LogP contribution in [-0.4, -0.2) is 46.8 Å². The Morgan fingerprint density at radius 1 is 1.35 bits per heavy atom. The number of carbonyl (C=O) groups excluding carboxylic acids is 1. The average Bonchev–Trinajstić information content (AvgIpc) is 2.98. The molecule has 1 aliphatic carbocycles. The zero-order chi connectivity index (χ0) is 16.2. The van der Waals surface area contributed by atoms with Gasteiger partial charge in [0.15, 0.2) is 0 Å². The molecule has 128 valence electrons. The molecule has 1 aromatic rings. The average molecular weight is 321 g/mol. The van der Waals surface area contributed by atoms with Gasteiger partial charge in [-0.1, -0.05) is 33.1 Å². The summed E-state index contributed by atoms with van der Waals surface area (Å²) in [6, 6.07) is 0.246. The van der Waals surface area contributed by atoms with Crippen molar-refractivity contribution in [2.45, 2.75) is 64.3 Å². The first-order chi connectivity index (χ1) is 11.1. The third-order valence-electron chi connectivity index (χ3n) is 4.91. The van der Waals surface area contributed by atoms with Gasteiger partial charge < -0.3 is 14.1 Å². The fourth-order valence-electron chi connectivity index (χ4n) is 3.25. The molecule has 1 saturated heterocycles. The number of nitrogens with zero attached hydrogens (tertiary/aromatic N) is 3. The van der Waals surface area contributed by atoms with Gasteiger partial charge >= 0.3 is 0 Å². The van der Waals surface area contributed by atoms with Gasteiger partial charge in [-0.05, 0) is 12.3 Å². The fourth-order valence-corrected chi connectivity index (χ4v) is 3.25. The quantitative estimate of drug-likeness (QED) is 0.805. The molecule has 1 atom stereocenters. The van der Waals surface area contributed by atoms with Crippen molar-refractivity contribution < 1.29 is 13.9 Å². The smallest absolute Gasteiger partial charge is 0.223 e. The van der Waals surface area contributed by atoms with E-state index in [4.69, 9.17) is 9.15 Å². The molecular formula is C17H27N3O3. The Morgan fingerprint density at radius 2 is 2.17 bits per heavy atom. The topological polar surface area (TPSA) is 68.5 Å². The van der Waals surface area contributed by atoms with Gasteiger partial charge in [0, 0.05) is 25.3 Å². The van der Waals surface area contributed by atoms with Crippen LogP contribution in [0.25, 0.3) is 0 Å². The number of carbonyl (C=O) groups is 1. The Hall–Kier alpha value is -1.43. The van der Waals surface area contributed by atoms with Crippen LogP contribution in [0.2, 0.25) is 0 Å². The predicted molar refractivity (Wildman–Crippen MR) is 85.0 cm³/mol. The standard InChI is InChI=1S/C17H27N3O3/c1-12(2)17-19-18-15(23-17)6-7-16(21)20-8-9-22-11-14(20)10-13-4-3-5-13/h12-14H,3-11H2,1-2H3. The molecule has 1 amide bonds. The van der Waals surface area contributed by atoms with Gasteiger partial charge in [-0.2, -0.15) is 0 Å². The molecule has 2 aliphatic rings. The molecule has 3 rings (SSSR count). The fraction of sp³-hybridized carbons (Fsp3) is 0.824. The third kappa shape index (κ3) is 4.10. The van der Waals surface area contributed by atoms with Crippen LogP contribution in [0.15, 0.2) is 4.42 Å². The molecule has 1 aromatic heterocycles. The second kappa shape index (κ2) is 7.43. The van der Waals surface area contributed by atoms with Crippen LogP contribution in [0.4, 0.5) is 0 Å². The molecule has 1 saturated carbocycles. The monoisotopic (exact) mass is 321 g/mol. The molecule has 1 aliphatic heterocycles. The Bertz CT molecular complexity index is 525. The van der Waals surface area contributed by atoms with E-state index >= 15 is 0 Å². The van der Waals surface area contributed by atoms with E-state index in [1.165, 1.54) is 19.3 Å². The van der Waals surface area contributed by atoms with E-state index < -0.39 is 0 Å². The van der Waals surface area contributed by atoms with Crippen molar-refractivity contribution in [3.8, 4) is 0 Å². The van der Waals surface area contributed by atoms with Crippen LogP contribution < -0.4 is 0 Å². The van der Waals surface area contributed by atoms with Crippen molar-refractivity contribution in [1.82, 2.24) is 15.1 Å². The Kier molecular flexibility index (Phi) is 5.30. The number of hydrogen-bond acceptors (Lipinski definition) is 5. The lowest BCUT2D eigenvalue weighted by atomic mass is 9.80. The lowest BCUT2D eigenvalue weighted by molar-refractivity contribution is -0.140. The molecular weight excluding hydrogens is 294 g/mol. The minimum atomic E-state index is 0.182. The van der Waals surface area contributed by atoms with Gasteiger partial charge in [-0.25, -0.2) is 0 Å². The van der Waals surface area contributed by atoms with Gasteiger partial charge in [0.1, 0.15) is 0 Å². The molecule has 0 radical (unpaired) electrons. The highest BCUT2D eigenvalue weighted by Gasteiger charge is 2.31. The summed E-state index contributed by atoms with van der Waals surface area (Å²) in [6.45, 7) is 6.06. The van der Waals surface area contributed by atoms with E-state index in [0.29, 0.717) is 44.4 Å². The Morgan fingerprint density at radius 3 is 2.83 bits per heavy atom. The van der Waals surface area contributed by atoms with E-state index in [1.807, 2.05) is 18.7 Å². The first-order valence-corrected chi connectivity index (χ1v) is 8.83. The molecule has 0 bridgehead atoms. The predicted octanol–water partition coefficient (Wildman–Crippen LogP) is 2.54. The van der Waals surface area contributed by atoms with Crippen LogP contribution in [0.5, 0.6) is 0 Å². The highest BCUT2D eigenvalue weighted by atomic mass is 16.5. The molecule has 6 heteroatoms. The zero-order valence-corrected chi connectivity index (χ0v) is 14.2. The van der Waals surface area contributed by atoms with Crippen molar-refractivity contribution in [3.63, 3.8) is 0 Å². The lowest BCUT2D eigenvalue weighted by Crippen LogP contribution is -2.49. The first kappa shape index (κ1) is 16.4. The summed E-state index contributed by atoms with van der Waals surface area (Å²) in [7, 11) is 0. The number of hydrogen-bond donors (Lipinski definition) is 0. The summed E-state index contributed by atoms with van der Waals surface area (Å²) < 4.78 is 11.2. The molecule has 23 heavy (non-hydrogen) atoms. The van der Waals surface area contributed by atoms with Gasteiger partial charge in [0.05, 0.1) is 19.3 Å². The van der Waals surface area contributed by atoms with Crippen LogP contribution in [0.1, 0.15) is 63.7 Å². The molecule has 0 aromatic carbocycles. The number of morpholine rings is 1. The summed E-state index contributed by atoms with van der Waals surface area (Å²) >= 11 is 0. The van der Waals surface area contributed by atoms with Crippen LogP contribution >= 0.6 is 0 Å². The van der Waals surface area contributed by atoms with Crippen molar-refractivity contribution in [2.75, 3.05) is 19.8 Å². The van der Waals surface area contributed by atoms with E-state index in [0.717, 1.165) is 12.3 Å². The number of rotatable bonds is 6. The van der Waals surface area contributed by atoms with Crippen LogP contribution in [-0.2, 0) is 16.0 Å². The molecule has 0 N–H and O–H groups in total. The summed E-state index contributed by atoms with van der Waals surface area (Å²) in [6.07, 6.45) is 5.98. The second-order valence-corrected chi connectivity index (χ2v) is 7.04. The number of aromatic nitrogens is 2. The van der Waals surface area contributed by atoms with E-state index in [-0.39, 0.29) is 17.9 Å². The van der Waals surface area contributed by atoms with Gasteiger partial charge in [0.2, 0.25) is 17.7 Å². The zero-order valence-electron chi connectivity index (χ0n) is 14.2. The van der Waals surface area contributed by atoms with Crippen molar-refractivity contribution in [2.24, 2.45) is 5.92 Å². The van der Waals surface area contributed by atoms with E-state index in [1.54, 1.807) is 0 Å². The Labute approximate surface area is 137 Å². The lowest BCUT2D eigenvalue weighted by Gasteiger charge is -2.39. The highest BCUT2D eigenvalue weighted by molar-refractivity contribution is 5.76. The van der Waals surface area contributed by atoms with Gasteiger partial charge in [-0.15, -0.1) is 10.2 Å². The second-order valence-electron chi connectivity index (χ2n) is 7.04. The molecule has 6 nitrogen and oxygen atoms in total. The summed E-state index contributed by atoms with van der Waals surface area (Å²) in [5.41, 5.74) is 0. The first-order valence-electron chi connectivity index (χ1n) is 8.83.